The van der Waals surface area contributed by atoms with Gasteiger partial charge in [0.05, 0.1) is 5.69 Å². The number of hydrogen-bond donors (Lipinski definition) is 4. The maximum absolute atomic E-state index is 12.1. The monoisotopic (exact) mass is 400 g/mol. The summed E-state index contributed by atoms with van der Waals surface area (Å²) in [6.45, 7) is 0. The summed E-state index contributed by atoms with van der Waals surface area (Å²) >= 11 is 6.57. The van der Waals surface area contributed by atoms with Crippen LogP contribution in [-0.2, 0) is 0 Å². The highest BCUT2D eigenvalue weighted by Crippen LogP contribution is 2.35. The predicted octanol–water partition coefficient (Wildman–Crippen LogP) is 3.46. The van der Waals surface area contributed by atoms with Crippen molar-refractivity contribution in [1.82, 2.24) is 0 Å². The van der Waals surface area contributed by atoms with E-state index in [1.807, 2.05) is 0 Å². The first-order valence-corrected chi connectivity index (χ1v) is 7.05. The van der Waals surface area contributed by atoms with Crippen molar-refractivity contribution in [2.45, 2.75) is 0 Å². The number of rotatable bonds is 2. The lowest BCUT2D eigenvalue weighted by Crippen LogP contribution is -2.13. The molecule has 0 aliphatic carbocycles. The van der Waals surface area contributed by atoms with Crippen LogP contribution in [0.25, 0.3) is 0 Å². The third-order valence-electron chi connectivity index (χ3n) is 2.55. The van der Waals surface area contributed by atoms with E-state index in [-0.39, 0.29) is 17.1 Å². The van der Waals surface area contributed by atoms with Gasteiger partial charge >= 0.3 is 0 Å². The molecule has 2 rings (SSSR count). The molecule has 0 bridgehead atoms. The Kier molecular flexibility index (Phi) is 4.20. The Morgan fingerprint density at radius 2 is 1.60 bits per heavy atom. The van der Waals surface area contributed by atoms with Gasteiger partial charge in [-0.2, -0.15) is 0 Å². The first-order valence-electron chi connectivity index (χ1n) is 5.47. The van der Waals surface area contributed by atoms with E-state index in [2.05, 4.69) is 37.2 Å². The molecule has 0 fully saturated rings. The summed E-state index contributed by atoms with van der Waals surface area (Å²) in [5.41, 5.74) is 6.45. The molecule has 0 saturated carbocycles. The Balaban J connectivity index is 2.38. The number of nitrogen functional groups attached to an aromatic ring is 1. The van der Waals surface area contributed by atoms with Crippen LogP contribution in [0.4, 0.5) is 11.4 Å². The van der Waals surface area contributed by atoms with Crippen LogP contribution >= 0.6 is 31.9 Å². The fourth-order valence-electron chi connectivity index (χ4n) is 1.65. The van der Waals surface area contributed by atoms with E-state index in [4.69, 9.17) is 5.73 Å². The van der Waals surface area contributed by atoms with Crippen molar-refractivity contribution in [1.29, 1.82) is 0 Å². The smallest absolute Gasteiger partial charge is 0.263 e. The molecule has 2 aromatic rings. The molecule has 0 radical (unpaired) electrons. The number of carbonyl (C=O) groups excluding carboxylic acids is 1. The Hall–Kier alpha value is -1.73. The van der Waals surface area contributed by atoms with Crippen molar-refractivity contribution in [3.05, 3.63) is 44.8 Å². The van der Waals surface area contributed by atoms with Gasteiger partial charge in [0, 0.05) is 14.6 Å². The lowest BCUT2D eigenvalue weighted by atomic mass is 10.1. The zero-order valence-electron chi connectivity index (χ0n) is 10.0. The maximum atomic E-state index is 12.1. The standard InChI is InChI=1S/C13H10Br2N2O3/c14-7-4-6(16)5-8(15)12(7)17-13(20)11-9(18)2-1-3-10(11)19/h1-5,18-19H,16H2,(H,17,20). The molecule has 0 aromatic heterocycles. The number of benzene rings is 2. The fourth-order valence-corrected chi connectivity index (χ4v) is 3.07. The zero-order chi connectivity index (χ0) is 14.9. The van der Waals surface area contributed by atoms with Gasteiger partial charge < -0.3 is 21.3 Å². The molecule has 0 unspecified atom stereocenters. The van der Waals surface area contributed by atoms with E-state index in [1.54, 1.807) is 12.1 Å². The largest absolute Gasteiger partial charge is 0.507 e. The van der Waals surface area contributed by atoms with E-state index in [9.17, 15) is 15.0 Å². The highest BCUT2D eigenvalue weighted by molar-refractivity contribution is 9.11. The molecule has 20 heavy (non-hydrogen) atoms. The minimum atomic E-state index is -0.633. The van der Waals surface area contributed by atoms with Crippen LogP contribution in [0.5, 0.6) is 11.5 Å². The molecule has 5 N–H and O–H groups in total. The number of anilines is 2. The van der Waals surface area contributed by atoms with E-state index >= 15 is 0 Å². The van der Waals surface area contributed by atoms with Crippen LogP contribution < -0.4 is 11.1 Å². The molecule has 0 aliphatic heterocycles. The number of aromatic hydroxyl groups is 2. The molecule has 0 saturated heterocycles. The van der Waals surface area contributed by atoms with Crippen molar-refractivity contribution >= 4 is 49.1 Å². The van der Waals surface area contributed by atoms with Crippen molar-refractivity contribution < 1.29 is 15.0 Å². The topological polar surface area (TPSA) is 95.6 Å². The third-order valence-corrected chi connectivity index (χ3v) is 3.80. The molecule has 1 amide bonds. The number of phenols is 2. The van der Waals surface area contributed by atoms with Gasteiger partial charge in [-0.25, -0.2) is 0 Å². The van der Waals surface area contributed by atoms with Crippen LogP contribution in [0.1, 0.15) is 10.4 Å². The van der Waals surface area contributed by atoms with Crippen LogP contribution in [0.2, 0.25) is 0 Å². The molecular weight excluding hydrogens is 392 g/mol. The molecular formula is C13H10Br2N2O3. The molecule has 0 heterocycles. The van der Waals surface area contributed by atoms with E-state index in [0.717, 1.165) is 0 Å². The molecule has 5 nitrogen and oxygen atoms in total. The normalized spacial score (nSPS) is 10.3. The van der Waals surface area contributed by atoms with Crippen molar-refractivity contribution in [2.24, 2.45) is 0 Å². The summed E-state index contributed by atoms with van der Waals surface area (Å²) < 4.78 is 1.15. The number of hydrogen-bond acceptors (Lipinski definition) is 4. The van der Waals surface area contributed by atoms with E-state index in [0.29, 0.717) is 20.3 Å². The number of carbonyl (C=O) groups is 1. The second-order valence-corrected chi connectivity index (χ2v) is 5.69. The second-order valence-electron chi connectivity index (χ2n) is 3.98. The molecule has 7 heteroatoms. The maximum Gasteiger partial charge on any atom is 0.263 e. The summed E-state index contributed by atoms with van der Waals surface area (Å²) in [6.07, 6.45) is 0. The summed E-state index contributed by atoms with van der Waals surface area (Å²) in [4.78, 5) is 12.1. The number of nitrogens with one attached hydrogen (secondary N) is 1. The van der Waals surface area contributed by atoms with Gasteiger partial charge in [0.1, 0.15) is 17.1 Å². The number of phenolic OH excluding ortho intramolecular Hbond substituents is 2. The molecule has 2 aromatic carbocycles. The van der Waals surface area contributed by atoms with E-state index in [1.165, 1.54) is 18.2 Å². The first-order chi connectivity index (χ1) is 9.40. The van der Waals surface area contributed by atoms with Crippen molar-refractivity contribution in [2.75, 3.05) is 11.1 Å². The number of amides is 1. The third kappa shape index (κ3) is 2.88. The Labute approximate surface area is 131 Å². The minimum Gasteiger partial charge on any atom is -0.507 e. The fraction of sp³-hybridized carbons (Fsp3) is 0. The Morgan fingerprint density at radius 3 is 2.10 bits per heavy atom. The lowest BCUT2D eigenvalue weighted by Gasteiger charge is -2.12. The molecule has 0 aliphatic rings. The van der Waals surface area contributed by atoms with E-state index < -0.39 is 5.91 Å². The summed E-state index contributed by atoms with van der Waals surface area (Å²) in [5, 5.41) is 21.9. The highest BCUT2D eigenvalue weighted by atomic mass is 79.9. The lowest BCUT2D eigenvalue weighted by molar-refractivity contribution is 0.102. The van der Waals surface area contributed by atoms with Gasteiger partial charge in [-0.3, -0.25) is 4.79 Å². The highest BCUT2D eigenvalue weighted by Gasteiger charge is 2.18. The summed E-state index contributed by atoms with van der Waals surface area (Å²) in [7, 11) is 0. The molecule has 104 valence electrons. The molecule has 0 atom stereocenters. The zero-order valence-corrected chi connectivity index (χ0v) is 13.2. The SMILES string of the molecule is Nc1cc(Br)c(NC(=O)c2c(O)cccc2O)c(Br)c1. The van der Waals surface area contributed by atoms with Gasteiger partial charge in [-0.15, -0.1) is 0 Å². The Bertz CT molecular complexity index is 646. The van der Waals surface area contributed by atoms with Crippen LogP contribution in [0, 0.1) is 0 Å². The number of nitrogens with two attached hydrogens (primary N) is 1. The van der Waals surface area contributed by atoms with Gasteiger partial charge in [0.15, 0.2) is 0 Å². The van der Waals surface area contributed by atoms with Crippen LogP contribution in [0.15, 0.2) is 39.3 Å². The first kappa shape index (κ1) is 14.7. The quantitative estimate of drug-likeness (QED) is 0.579. The van der Waals surface area contributed by atoms with Crippen molar-refractivity contribution in [3.8, 4) is 11.5 Å². The summed E-state index contributed by atoms with van der Waals surface area (Å²) in [5.74, 6) is -1.23. The van der Waals surface area contributed by atoms with Crippen LogP contribution in [-0.4, -0.2) is 16.1 Å². The number of halogens is 2. The average molecular weight is 402 g/mol. The molecule has 0 spiro atoms. The summed E-state index contributed by atoms with van der Waals surface area (Å²) in [6, 6.07) is 7.34. The van der Waals surface area contributed by atoms with Gasteiger partial charge in [-0.05, 0) is 56.1 Å². The van der Waals surface area contributed by atoms with Crippen molar-refractivity contribution in [3.63, 3.8) is 0 Å². The van der Waals surface area contributed by atoms with Gasteiger partial charge in [-0.1, -0.05) is 6.07 Å². The Morgan fingerprint density at radius 1 is 1.10 bits per heavy atom. The predicted molar refractivity (Wildman–Crippen MR) is 84.0 cm³/mol. The minimum absolute atomic E-state index is 0.192. The van der Waals surface area contributed by atoms with Crippen LogP contribution in [0.3, 0.4) is 0 Å². The van der Waals surface area contributed by atoms with Gasteiger partial charge in [0.2, 0.25) is 0 Å². The average Bonchev–Trinajstić information content (AvgIpc) is 2.33. The van der Waals surface area contributed by atoms with Gasteiger partial charge in [0.25, 0.3) is 5.91 Å². The second kappa shape index (κ2) is 5.72.